The SMILES string of the molecule is CNC(Cc1c(F)cccc1F)c1ccc(Cl)cc1Cl. The van der Waals surface area contributed by atoms with E-state index in [1.54, 1.807) is 25.2 Å². The lowest BCUT2D eigenvalue weighted by molar-refractivity contribution is 0.515. The van der Waals surface area contributed by atoms with Crippen LogP contribution in [0.3, 0.4) is 0 Å². The number of benzene rings is 2. The van der Waals surface area contributed by atoms with E-state index in [0.29, 0.717) is 10.0 Å². The van der Waals surface area contributed by atoms with Gasteiger partial charge in [-0.2, -0.15) is 0 Å². The van der Waals surface area contributed by atoms with Crippen LogP contribution in [0.1, 0.15) is 17.2 Å². The average molecular weight is 316 g/mol. The predicted molar refractivity (Wildman–Crippen MR) is 78.3 cm³/mol. The van der Waals surface area contributed by atoms with Gasteiger partial charge in [0.05, 0.1) is 0 Å². The van der Waals surface area contributed by atoms with Crippen LogP contribution in [0.25, 0.3) is 0 Å². The summed E-state index contributed by atoms with van der Waals surface area (Å²) in [6.07, 6.45) is 0.163. The van der Waals surface area contributed by atoms with Crippen molar-refractivity contribution in [2.24, 2.45) is 0 Å². The van der Waals surface area contributed by atoms with E-state index >= 15 is 0 Å². The molecule has 1 nitrogen and oxygen atoms in total. The summed E-state index contributed by atoms with van der Waals surface area (Å²) in [7, 11) is 1.72. The van der Waals surface area contributed by atoms with Crippen molar-refractivity contribution in [3.8, 4) is 0 Å². The molecule has 0 spiro atoms. The fraction of sp³-hybridized carbons (Fsp3) is 0.200. The molecule has 0 radical (unpaired) electrons. The van der Waals surface area contributed by atoms with E-state index in [-0.39, 0.29) is 18.0 Å². The van der Waals surface area contributed by atoms with Gasteiger partial charge in [-0.15, -0.1) is 0 Å². The number of rotatable bonds is 4. The third-order valence-corrected chi connectivity index (χ3v) is 3.72. The molecule has 2 aromatic carbocycles. The van der Waals surface area contributed by atoms with Crippen LogP contribution in [0, 0.1) is 11.6 Å². The van der Waals surface area contributed by atoms with Gasteiger partial charge in [0.1, 0.15) is 11.6 Å². The third-order valence-electron chi connectivity index (χ3n) is 3.16. The molecule has 0 heterocycles. The van der Waals surface area contributed by atoms with E-state index in [9.17, 15) is 8.78 Å². The monoisotopic (exact) mass is 315 g/mol. The minimum atomic E-state index is -0.560. The number of nitrogens with one attached hydrogen (secondary N) is 1. The molecule has 0 saturated carbocycles. The third kappa shape index (κ3) is 3.29. The molecule has 0 bridgehead atoms. The van der Waals surface area contributed by atoms with Gasteiger partial charge in [0, 0.05) is 21.7 Å². The maximum absolute atomic E-state index is 13.7. The molecule has 0 fully saturated rings. The maximum Gasteiger partial charge on any atom is 0.129 e. The summed E-state index contributed by atoms with van der Waals surface area (Å²) in [6, 6.07) is 8.60. The largest absolute Gasteiger partial charge is 0.313 e. The highest BCUT2D eigenvalue weighted by atomic mass is 35.5. The fourth-order valence-electron chi connectivity index (χ4n) is 2.08. The first-order valence-corrected chi connectivity index (χ1v) is 6.83. The van der Waals surface area contributed by atoms with Crippen molar-refractivity contribution < 1.29 is 8.78 Å². The molecule has 1 unspecified atom stereocenters. The first kappa shape index (κ1) is 15.2. The second-order valence-electron chi connectivity index (χ2n) is 4.41. The Bertz CT molecular complexity index is 597. The van der Waals surface area contributed by atoms with E-state index in [2.05, 4.69) is 5.32 Å². The number of hydrogen-bond donors (Lipinski definition) is 1. The Kier molecular flexibility index (Phi) is 4.97. The van der Waals surface area contributed by atoms with Crippen molar-refractivity contribution in [2.75, 3.05) is 7.05 Å². The van der Waals surface area contributed by atoms with Gasteiger partial charge in [0.15, 0.2) is 0 Å². The molecule has 106 valence electrons. The topological polar surface area (TPSA) is 12.0 Å². The van der Waals surface area contributed by atoms with Crippen LogP contribution < -0.4 is 5.32 Å². The molecule has 0 saturated heterocycles. The lowest BCUT2D eigenvalue weighted by Crippen LogP contribution is -2.20. The van der Waals surface area contributed by atoms with E-state index < -0.39 is 11.6 Å². The lowest BCUT2D eigenvalue weighted by Gasteiger charge is -2.19. The highest BCUT2D eigenvalue weighted by molar-refractivity contribution is 6.35. The average Bonchev–Trinajstić information content (AvgIpc) is 2.40. The Morgan fingerprint density at radius 1 is 1.10 bits per heavy atom. The fourth-order valence-corrected chi connectivity index (χ4v) is 2.62. The van der Waals surface area contributed by atoms with Crippen molar-refractivity contribution in [1.29, 1.82) is 0 Å². The summed E-state index contributed by atoms with van der Waals surface area (Å²) in [5.41, 5.74) is 0.791. The molecule has 0 aliphatic rings. The van der Waals surface area contributed by atoms with Gasteiger partial charge < -0.3 is 5.32 Å². The van der Waals surface area contributed by atoms with Gasteiger partial charge in [0.2, 0.25) is 0 Å². The molecule has 0 amide bonds. The summed E-state index contributed by atoms with van der Waals surface area (Å²) in [5.74, 6) is -1.12. The quantitative estimate of drug-likeness (QED) is 0.856. The Hall–Kier alpha value is -1.16. The summed E-state index contributed by atoms with van der Waals surface area (Å²) >= 11 is 12.0. The van der Waals surface area contributed by atoms with Crippen molar-refractivity contribution in [3.63, 3.8) is 0 Å². The van der Waals surface area contributed by atoms with Crippen molar-refractivity contribution in [1.82, 2.24) is 5.32 Å². The van der Waals surface area contributed by atoms with E-state index in [0.717, 1.165) is 5.56 Å². The van der Waals surface area contributed by atoms with Gasteiger partial charge >= 0.3 is 0 Å². The smallest absolute Gasteiger partial charge is 0.129 e. The Morgan fingerprint density at radius 3 is 2.30 bits per heavy atom. The molecule has 0 aliphatic heterocycles. The molecule has 5 heteroatoms. The van der Waals surface area contributed by atoms with E-state index in [4.69, 9.17) is 23.2 Å². The van der Waals surface area contributed by atoms with Crippen LogP contribution >= 0.6 is 23.2 Å². The van der Waals surface area contributed by atoms with E-state index in [1.807, 2.05) is 0 Å². The molecular weight excluding hydrogens is 303 g/mol. The highest BCUT2D eigenvalue weighted by Gasteiger charge is 2.18. The van der Waals surface area contributed by atoms with Crippen LogP contribution in [0.5, 0.6) is 0 Å². The summed E-state index contributed by atoms with van der Waals surface area (Å²) < 4.78 is 27.4. The van der Waals surface area contributed by atoms with Crippen molar-refractivity contribution >= 4 is 23.2 Å². The zero-order chi connectivity index (χ0) is 14.7. The van der Waals surface area contributed by atoms with Crippen molar-refractivity contribution in [3.05, 3.63) is 69.2 Å². The molecule has 1 atom stereocenters. The van der Waals surface area contributed by atoms with Crippen LogP contribution in [0.4, 0.5) is 8.78 Å². The minimum absolute atomic E-state index is 0.0397. The van der Waals surface area contributed by atoms with Gasteiger partial charge in [-0.3, -0.25) is 0 Å². The maximum atomic E-state index is 13.7. The van der Waals surface area contributed by atoms with Crippen LogP contribution in [-0.4, -0.2) is 7.05 Å². The Labute approximate surface area is 126 Å². The summed E-state index contributed by atoms with van der Waals surface area (Å²) in [5, 5.41) is 4.01. The first-order chi connectivity index (χ1) is 9.52. The second kappa shape index (κ2) is 6.53. The van der Waals surface area contributed by atoms with E-state index in [1.165, 1.54) is 18.2 Å². The lowest BCUT2D eigenvalue weighted by atomic mass is 9.98. The van der Waals surface area contributed by atoms with Gasteiger partial charge in [-0.25, -0.2) is 8.78 Å². The zero-order valence-electron chi connectivity index (χ0n) is 10.8. The summed E-state index contributed by atoms with van der Waals surface area (Å²) in [4.78, 5) is 0. The van der Waals surface area contributed by atoms with Crippen LogP contribution in [0.15, 0.2) is 36.4 Å². The molecule has 2 rings (SSSR count). The molecule has 0 aromatic heterocycles. The van der Waals surface area contributed by atoms with Gasteiger partial charge in [-0.1, -0.05) is 35.3 Å². The number of hydrogen-bond acceptors (Lipinski definition) is 1. The zero-order valence-corrected chi connectivity index (χ0v) is 12.3. The predicted octanol–water partition coefficient (Wildman–Crippen LogP) is 4.77. The Balaban J connectivity index is 2.34. The first-order valence-electron chi connectivity index (χ1n) is 6.08. The normalized spacial score (nSPS) is 12.4. The van der Waals surface area contributed by atoms with Gasteiger partial charge in [0.25, 0.3) is 0 Å². The molecule has 1 N–H and O–H groups in total. The second-order valence-corrected chi connectivity index (χ2v) is 5.26. The van der Waals surface area contributed by atoms with Crippen LogP contribution in [0.2, 0.25) is 10.0 Å². The molecular formula is C15H13Cl2F2N. The number of likely N-dealkylation sites (N-methyl/N-ethyl adjacent to an activating group) is 1. The minimum Gasteiger partial charge on any atom is -0.313 e. The number of halogens is 4. The molecule has 2 aromatic rings. The van der Waals surface area contributed by atoms with Crippen LogP contribution in [-0.2, 0) is 6.42 Å². The standard InChI is InChI=1S/C15H13Cl2F2N/c1-20-15(10-6-5-9(16)7-12(10)17)8-11-13(18)3-2-4-14(11)19/h2-7,15,20H,8H2,1H3. The summed E-state index contributed by atoms with van der Waals surface area (Å²) in [6.45, 7) is 0. The molecule has 20 heavy (non-hydrogen) atoms. The molecule has 0 aliphatic carbocycles. The Morgan fingerprint density at radius 2 is 1.75 bits per heavy atom. The van der Waals surface area contributed by atoms with Gasteiger partial charge in [-0.05, 0) is 43.3 Å². The van der Waals surface area contributed by atoms with Crippen molar-refractivity contribution in [2.45, 2.75) is 12.5 Å². The highest BCUT2D eigenvalue weighted by Crippen LogP contribution is 2.29.